The van der Waals surface area contributed by atoms with Crippen molar-refractivity contribution in [1.82, 2.24) is 9.97 Å². The lowest BCUT2D eigenvalue weighted by Crippen LogP contribution is -2.29. The Hall–Kier alpha value is -2.38. The van der Waals surface area contributed by atoms with Crippen LogP contribution in [0.1, 0.15) is 36.0 Å². The summed E-state index contributed by atoms with van der Waals surface area (Å²) in [5.74, 6) is -1.22. The van der Waals surface area contributed by atoms with E-state index in [1.807, 2.05) is 0 Å². The van der Waals surface area contributed by atoms with Crippen molar-refractivity contribution in [3.63, 3.8) is 0 Å². The highest BCUT2D eigenvalue weighted by Gasteiger charge is 2.41. The summed E-state index contributed by atoms with van der Waals surface area (Å²) in [6.45, 7) is 0.315. The van der Waals surface area contributed by atoms with E-state index in [1.165, 1.54) is 13.4 Å². The molecule has 1 aliphatic rings. The summed E-state index contributed by atoms with van der Waals surface area (Å²) >= 11 is 0. The van der Waals surface area contributed by atoms with Gasteiger partial charge in [0.2, 0.25) is 5.88 Å². The Morgan fingerprint density at radius 3 is 2.58 bits per heavy atom. The highest BCUT2D eigenvalue weighted by atomic mass is 19.4. The zero-order chi connectivity index (χ0) is 18.7. The number of ether oxygens (including phenoxy) is 2. The molecule has 0 radical (unpaired) electrons. The topological polar surface area (TPSA) is 61.3 Å². The molecule has 140 valence electrons. The Bertz CT molecular complexity index is 787. The molecule has 2 aromatic rings. The molecule has 5 nitrogen and oxygen atoms in total. The van der Waals surface area contributed by atoms with Gasteiger partial charge in [-0.3, -0.25) is 0 Å². The van der Waals surface area contributed by atoms with Gasteiger partial charge in [-0.05, 0) is 49.8 Å². The van der Waals surface area contributed by atoms with E-state index < -0.39 is 18.1 Å². The average molecular weight is 368 g/mol. The number of aromatic nitrogens is 2. The fourth-order valence-electron chi connectivity index (χ4n) is 3.25. The maximum absolute atomic E-state index is 12.7. The fourth-order valence-corrected chi connectivity index (χ4v) is 3.25. The van der Waals surface area contributed by atoms with Crippen LogP contribution < -0.4 is 4.74 Å². The predicted molar refractivity (Wildman–Crippen MR) is 87.9 cm³/mol. The van der Waals surface area contributed by atoms with Gasteiger partial charge in [0.05, 0.1) is 36.1 Å². The molecule has 3 rings (SSSR count). The van der Waals surface area contributed by atoms with Crippen LogP contribution in [0.5, 0.6) is 5.88 Å². The van der Waals surface area contributed by atoms with Gasteiger partial charge in [-0.25, -0.2) is 14.8 Å². The number of halogens is 3. The van der Waals surface area contributed by atoms with Gasteiger partial charge < -0.3 is 9.47 Å². The van der Waals surface area contributed by atoms with E-state index in [1.54, 1.807) is 18.2 Å². The van der Waals surface area contributed by atoms with Crippen LogP contribution in [0.3, 0.4) is 0 Å². The molecule has 1 aromatic heterocycles. The van der Waals surface area contributed by atoms with Crippen molar-refractivity contribution < 1.29 is 27.4 Å². The minimum atomic E-state index is -4.11. The normalized spacial score (nSPS) is 20.8. The number of hydrogen-bond donors (Lipinski definition) is 0. The number of alkyl halides is 3. The summed E-state index contributed by atoms with van der Waals surface area (Å²) in [6, 6.07) is 4.86. The molecule has 0 bridgehead atoms. The van der Waals surface area contributed by atoms with Crippen molar-refractivity contribution in [3.8, 4) is 5.88 Å². The first-order valence-electron chi connectivity index (χ1n) is 8.41. The molecule has 1 aliphatic carbocycles. The van der Waals surface area contributed by atoms with Crippen LogP contribution in [-0.4, -0.2) is 35.8 Å². The number of methoxy groups -OCH3 is 1. The lowest BCUT2D eigenvalue weighted by molar-refractivity contribution is -0.184. The zero-order valence-corrected chi connectivity index (χ0v) is 14.3. The molecular weight excluding hydrogens is 349 g/mol. The number of esters is 1. The van der Waals surface area contributed by atoms with Crippen LogP contribution in [0.2, 0.25) is 0 Å². The van der Waals surface area contributed by atoms with Crippen molar-refractivity contribution >= 4 is 16.9 Å². The van der Waals surface area contributed by atoms with E-state index in [4.69, 9.17) is 4.74 Å². The van der Waals surface area contributed by atoms with Gasteiger partial charge in [-0.15, -0.1) is 0 Å². The molecule has 8 heteroatoms. The molecule has 1 saturated carbocycles. The lowest BCUT2D eigenvalue weighted by atomic mass is 9.82. The molecule has 1 heterocycles. The number of fused-ring (bicyclic) bond motifs is 1. The largest absolute Gasteiger partial charge is 0.477 e. The number of rotatable bonds is 4. The molecule has 0 N–H and O–H groups in total. The summed E-state index contributed by atoms with van der Waals surface area (Å²) in [7, 11) is 1.30. The monoisotopic (exact) mass is 368 g/mol. The summed E-state index contributed by atoms with van der Waals surface area (Å²) in [6.07, 6.45) is -1.51. The van der Waals surface area contributed by atoms with Gasteiger partial charge in [0.1, 0.15) is 6.33 Å². The SMILES string of the molecule is COC(=O)c1ccc2c(OCC3CCC(C(F)(F)F)CC3)ncnc2c1. The number of hydrogen-bond acceptors (Lipinski definition) is 5. The highest BCUT2D eigenvalue weighted by Crippen LogP contribution is 2.39. The first-order valence-corrected chi connectivity index (χ1v) is 8.41. The van der Waals surface area contributed by atoms with E-state index in [2.05, 4.69) is 14.7 Å². The second-order valence-corrected chi connectivity index (χ2v) is 6.47. The standard InChI is InChI=1S/C18H19F3N2O3/c1-25-17(24)12-4-7-14-15(8-12)22-10-23-16(14)26-9-11-2-5-13(6-3-11)18(19,20)21/h4,7-8,10-11,13H,2-3,5-6,9H2,1H3. The number of nitrogens with zero attached hydrogens (tertiary/aromatic N) is 2. The van der Waals surface area contributed by atoms with Crippen LogP contribution in [0, 0.1) is 11.8 Å². The van der Waals surface area contributed by atoms with E-state index >= 15 is 0 Å². The van der Waals surface area contributed by atoms with Crippen LogP contribution in [0.25, 0.3) is 10.9 Å². The third-order valence-electron chi connectivity index (χ3n) is 4.79. The number of carbonyl (C=O) groups excluding carboxylic acids is 1. The maximum atomic E-state index is 12.7. The molecule has 1 fully saturated rings. The van der Waals surface area contributed by atoms with E-state index in [9.17, 15) is 18.0 Å². The molecule has 0 amide bonds. The summed E-state index contributed by atoms with van der Waals surface area (Å²) in [4.78, 5) is 19.8. The Morgan fingerprint density at radius 1 is 1.19 bits per heavy atom. The van der Waals surface area contributed by atoms with E-state index in [0.717, 1.165) is 0 Å². The Labute approximate surface area is 148 Å². The van der Waals surface area contributed by atoms with Gasteiger partial charge in [0.15, 0.2) is 0 Å². The second kappa shape index (κ2) is 7.47. The van der Waals surface area contributed by atoms with Gasteiger partial charge >= 0.3 is 12.1 Å². The zero-order valence-electron chi connectivity index (χ0n) is 14.3. The number of benzene rings is 1. The van der Waals surface area contributed by atoms with Crippen molar-refractivity contribution in [2.24, 2.45) is 11.8 Å². The van der Waals surface area contributed by atoms with Gasteiger partial charge in [0.25, 0.3) is 0 Å². The quantitative estimate of drug-likeness (QED) is 0.758. The predicted octanol–water partition coefficient (Wildman–Crippen LogP) is 4.16. The molecule has 1 aromatic carbocycles. The molecule has 0 aliphatic heterocycles. The van der Waals surface area contributed by atoms with Crippen LogP contribution in [0.15, 0.2) is 24.5 Å². The summed E-state index contributed by atoms with van der Waals surface area (Å²) in [5.41, 5.74) is 0.911. The van der Waals surface area contributed by atoms with E-state index in [-0.39, 0.29) is 18.8 Å². The van der Waals surface area contributed by atoms with Crippen molar-refractivity contribution in [2.75, 3.05) is 13.7 Å². The van der Waals surface area contributed by atoms with Crippen molar-refractivity contribution in [1.29, 1.82) is 0 Å². The Balaban J connectivity index is 1.65. The van der Waals surface area contributed by atoms with Crippen molar-refractivity contribution in [3.05, 3.63) is 30.1 Å². The molecule has 26 heavy (non-hydrogen) atoms. The van der Waals surface area contributed by atoms with Crippen LogP contribution >= 0.6 is 0 Å². The number of carbonyl (C=O) groups is 1. The van der Waals surface area contributed by atoms with Gasteiger partial charge in [-0.1, -0.05) is 0 Å². The third kappa shape index (κ3) is 4.05. The molecule has 0 atom stereocenters. The summed E-state index contributed by atoms with van der Waals surface area (Å²) < 4.78 is 48.6. The second-order valence-electron chi connectivity index (χ2n) is 6.47. The van der Waals surface area contributed by atoms with Crippen LogP contribution in [0.4, 0.5) is 13.2 Å². The smallest absolute Gasteiger partial charge is 0.391 e. The van der Waals surface area contributed by atoms with Crippen molar-refractivity contribution in [2.45, 2.75) is 31.9 Å². The molecular formula is C18H19F3N2O3. The Morgan fingerprint density at radius 2 is 1.92 bits per heavy atom. The fraction of sp³-hybridized carbons (Fsp3) is 0.500. The molecule has 0 saturated heterocycles. The lowest BCUT2D eigenvalue weighted by Gasteiger charge is -2.29. The van der Waals surface area contributed by atoms with Gasteiger partial charge in [0, 0.05) is 0 Å². The molecule has 0 unspecified atom stereocenters. The van der Waals surface area contributed by atoms with Crippen LogP contribution in [-0.2, 0) is 4.74 Å². The first-order chi connectivity index (χ1) is 12.4. The first kappa shape index (κ1) is 18.4. The summed E-state index contributed by atoms with van der Waals surface area (Å²) in [5, 5.41) is 0.643. The minimum Gasteiger partial charge on any atom is -0.477 e. The van der Waals surface area contributed by atoms with Gasteiger partial charge in [-0.2, -0.15) is 13.2 Å². The Kier molecular flexibility index (Phi) is 5.29. The highest BCUT2D eigenvalue weighted by molar-refractivity contribution is 5.95. The maximum Gasteiger partial charge on any atom is 0.391 e. The van der Waals surface area contributed by atoms with E-state index in [0.29, 0.717) is 41.8 Å². The third-order valence-corrected chi connectivity index (χ3v) is 4.79. The molecule has 0 spiro atoms. The minimum absolute atomic E-state index is 0.0768. The average Bonchev–Trinajstić information content (AvgIpc) is 2.64.